The van der Waals surface area contributed by atoms with Crippen molar-refractivity contribution in [2.45, 2.75) is 0 Å². The molecule has 0 aromatic heterocycles. The first-order valence-corrected chi connectivity index (χ1v) is 0. The minimum absolute atomic E-state index is 0. The van der Waals surface area contributed by atoms with Crippen LogP contribution < -0.4 is 0 Å². The third-order valence-electron chi connectivity index (χ3n) is 0. The van der Waals surface area contributed by atoms with Crippen LogP contribution in [0.15, 0.2) is 0 Å². The normalized spacial score (nSPS) is 0. The van der Waals surface area contributed by atoms with Crippen LogP contribution in [0.4, 0.5) is 9.41 Å². The summed E-state index contributed by atoms with van der Waals surface area (Å²) in [6, 6.07) is 0. The van der Waals surface area contributed by atoms with Crippen LogP contribution in [-0.4, -0.2) is 23.1 Å². The molecule has 4 heavy (non-hydrogen) atoms. The first kappa shape index (κ1) is 69.3. The smallest absolute Gasteiger partial charge is 1.00 e. The Morgan fingerprint density at radius 3 is 1.00 bits per heavy atom. The van der Waals surface area contributed by atoms with Crippen LogP contribution in [-0.2, 0) is 16.5 Å². The summed E-state index contributed by atoms with van der Waals surface area (Å²) in [4.78, 5) is 0. The molecule has 0 unspecified atom stereocenters. The second-order valence-electron chi connectivity index (χ2n) is 0. The van der Waals surface area contributed by atoms with Crippen molar-refractivity contribution in [3.63, 3.8) is 0 Å². The first-order valence-electron chi connectivity index (χ1n) is 0. The van der Waals surface area contributed by atoms with Crippen molar-refractivity contribution in [2.75, 3.05) is 0 Å². The SMILES string of the molecule is F.F.[H-].[H-].[Mg+2].[Ni]. The van der Waals surface area contributed by atoms with E-state index in [4.69, 9.17) is 0 Å². The summed E-state index contributed by atoms with van der Waals surface area (Å²) in [5, 5.41) is 0. The van der Waals surface area contributed by atoms with Crippen molar-refractivity contribution in [3.05, 3.63) is 0 Å². The van der Waals surface area contributed by atoms with Crippen molar-refractivity contribution in [2.24, 2.45) is 0 Å². The van der Waals surface area contributed by atoms with Gasteiger partial charge in [0.1, 0.15) is 0 Å². The molecule has 0 nitrogen and oxygen atoms in total. The average Bonchev–Trinajstić information content (AvgIpc) is 0. The maximum atomic E-state index is 0. The van der Waals surface area contributed by atoms with Crippen LogP contribution in [0.2, 0.25) is 0 Å². The quantitative estimate of drug-likeness (QED) is 0.404. The van der Waals surface area contributed by atoms with Gasteiger partial charge in [-0.3, -0.25) is 9.41 Å². The Hall–Kier alpha value is 1.12. The Morgan fingerprint density at radius 2 is 1.00 bits per heavy atom. The van der Waals surface area contributed by atoms with E-state index in [0.29, 0.717) is 0 Å². The predicted octanol–water partition coefficient (Wildman–Crippen LogP) is 0.147. The Labute approximate surface area is 52.1 Å². The summed E-state index contributed by atoms with van der Waals surface area (Å²) in [6.07, 6.45) is 0. The molecule has 0 saturated heterocycles. The van der Waals surface area contributed by atoms with Gasteiger partial charge in [-0.25, -0.2) is 0 Å². The molecule has 0 aliphatic heterocycles. The molecular formula is H4F2MgNi. The minimum Gasteiger partial charge on any atom is -1.00 e. The van der Waals surface area contributed by atoms with E-state index in [1.165, 1.54) is 0 Å². The maximum absolute atomic E-state index is 0. The summed E-state index contributed by atoms with van der Waals surface area (Å²) >= 11 is 0. The number of hydrogen-bond donors (Lipinski definition) is 0. The van der Waals surface area contributed by atoms with Crippen LogP contribution in [0.5, 0.6) is 0 Å². The first-order chi connectivity index (χ1) is 0. The summed E-state index contributed by atoms with van der Waals surface area (Å²) in [5.41, 5.74) is 0. The topological polar surface area (TPSA) is 0 Å². The molecule has 0 aromatic rings. The number of halogens is 2. The average molecular weight is 125 g/mol. The monoisotopic (exact) mass is 124 g/mol. The zero-order chi connectivity index (χ0) is 0. The zero-order valence-electron chi connectivity index (χ0n) is 3.84. The second-order valence-corrected chi connectivity index (χ2v) is 0. The fraction of sp³-hybridized carbons (Fsp3) is 0. The van der Waals surface area contributed by atoms with Gasteiger partial charge in [0.25, 0.3) is 0 Å². The van der Waals surface area contributed by atoms with Crippen LogP contribution in [0.3, 0.4) is 0 Å². The molecule has 0 rings (SSSR count). The number of rotatable bonds is 0. The summed E-state index contributed by atoms with van der Waals surface area (Å²) in [7, 11) is 0. The van der Waals surface area contributed by atoms with Gasteiger partial charge in [-0.15, -0.1) is 0 Å². The minimum atomic E-state index is 0. The van der Waals surface area contributed by atoms with Gasteiger partial charge < -0.3 is 2.85 Å². The van der Waals surface area contributed by atoms with Gasteiger partial charge in [-0.1, -0.05) is 0 Å². The van der Waals surface area contributed by atoms with Crippen molar-refractivity contribution in [1.29, 1.82) is 0 Å². The van der Waals surface area contributed by atoms with E-state index in [0.717, 1.165) is 0 Å². The summed E-state index contributed by atoms with van der Waals surface area (Å²) < 4.78 is 0. The Morgan fingerprint density at radius 1 is 1.00 bits per heavy atom. The van der Waals surface area contributed by atoms with Gasteiger partial charge in [0.2, 0.25) is 0 Å². The molecule has 0 bridgehead atoms. The molecule has 0 aromatic carbocycles. The molecule has 4 heteroatoms. The summed E-state index contributed by atoms with van der Waals surface area (Å²) in [6.45, 7) is 0. The Kier molecular flexibility index (Phi) is 554. The molecule has 0 atom stereocenters. The van der Waals surface area contributed by atoms with Crippen molar-refractivity contribution < 1.29 is 28.8 Å². The number of hydrogen-bond acceptors (Lipinski definition) is 0. The van der Waals surface area contributed by atoms with E-state index in [1.807, 2.05) is 0 Å². The van der Waals surface area contributed by atoms with E-state index in [9.17, 15) is 0 Å². The molecule has 0 N–H and O–H groups in total. The van der Waals surface area contributed by atoms with E-state index in [2.05, 4.69) is 0 Å². The van der Waals surface area contributed by atoms with Gasteiger partial charge in [-0.2, -0.15) is 0 Å². The van der Waals surface area contributed by atoms with Crippen LogP contribution in [0, 0.1) is 0 Å². The van der Waals surface area contributed by atoms with Crippen LogP contribution >= 0.6 is 0 Å². The molecule has 0 heterocycles. The van der Waals surface area contributed by atoms with Gasteiger partial charge in [0, 0.05) is 16.5 Å². The molecule has 0 fully saturated rings. The largest absolute Gasteiger partial charge is 2.00 e. The van der Waals surface area contributed by atoms with Crippen LogP contribution in [0.25, 0.3) is 0 Å². The fourth-order valence-electron chi connectivity index (χ4n) is 0. The molecule has 0 saturated carbocycles. The van der Waals surface area contributed by atoms with E-state index in [-0.39, 0.29) is 51.8 Å². The molecule has 0 radical (unpaired) electrons. The predicted molar refractivity (Wildman–Crippen MR) is 13.0 cm³/mol. The molecule has 0 aliphatic carbocycles. The fourth-order valence-corrected chi connectivity index (χ4v) is 0. The van der Waals surface area contributed by atoms with E-state index >= 15 is 0 Å². The van der Waals surface area contributed by atoms with E-state index in [1.54, 1.807) is 0 Å². The standard InChI is InChI=1S/2FH.Mg.Ni.2H/h2*1H;;;;/q;;+2;;2*-1. The molecule has 0 amide bonds. The molecular weight excluding hydrogens is 121 g/mol. The van der Waals surface area contributed by atoms with Gasteiger partial charge >= 0.3 is 23.1 Å². The van der Waals surface area contributed by atoms with Crippen molar-refractivity contribution in [1.82, 2.24) is 0 Å². The van der Waals surface area contributed by atoms with Crippen molar-refractivity contribution in [3.8, 4) is 0 Å². The molecule has 0 spiro atoms. The van der Waals surface area contributed by atoms with Crippen molar-refractivity contribution >= 4 is 23.1 Å². The summed E-state index contributed by atoms with van der Waals surface area (Å²) in [5.74, 6) is 0. The Bertz CT molecular complexity index is 11.5. The molecule has 30 valence electrons. The van der Waals surface area contributed by atoms with E-state index < -0.39 is 0 Å². The maximum Gasteiger partial charge on any atom is 2.00 e. The van der Waals surface area contributed by atoms with Crippen LogP contribution in [0.1, 0.15) is 2.85 Å². The Balaban J connectivity index is 0. The third-order valence-corrected chi connectivity index (χ3v) is 0. The second kappa shape index (κ2) is 32.0. The van der Waals surface area contributed by atoms with Gasteiger partial charge in [0.15, 0.2) is 0 Å². The third kappa shape index (κ3) is 11.2. The van der Waals surface area contributed by atoms with Gasteiger partial charge in [0.05, 0.1) is 0 Å². The van der Waals surface area contributed by atoms with Gasteiger partial charge in [-0.05, 0) is 0 Å². The molecule has 0 aliphatic rings. The zero-order valence-corrected chi connectivity index (χ0v) is 4.24.